The van der Waals surface area contributed by atoms with Crippen molar-refractivity contribution in [3.63, 3.8) is 0 Å². The van der Waals surface area contributed by atoms with E-state index in [2.05, 4.69) is 4.90 Å². The van der Waals surface area contributed by atoms with E-state index in [1.165, 1.54) is 11.1 Å². The normalized spacial score (nSPS) is 16.5. The first-order valence-corrected chi connectivity index (χ1v) is 9.04. The second kappa shape index (κ2) is 6.63. The standard InChI is InChI=1S/C20H20F3N4O/c1-13-2-4-14(5-3-13)18-19-16-7-6-15(20(21,22)23)12-17(16)27(28)26(19)11-10-25(18)9-8-24/h2-7,12H,8-11,24H2,1H3/q+1. The van der Waals surface area contributed by atoms with Gasteiger partial charge in [0.25, 0.3) is 0 Å². The molecule has 28 heavy (non-hydrogen) atoms. The molecule has 0 saturated carbocycles. The van der Waals surface area contributed by atoms with E-state index >= 15 is 0 Å². The molecule has 4 rings (SSSR count). The third-order valence-corrected chi connectivity index (χ3v) is 5.11. The van der Waals surface area contributed by atoms with Crippen molar-refractivity contribution in [3.8, 4) is 0 Å². The minimum atomic E-state index is -4.50. The molecule has 2 heterocycles. The van der Waals surface area contributed by atoms with Gasteiger partial charge in [-0.3, -0.25) is 0 Å². The molecule has 0 fully saturated rings. The molecule has 0 spiro atoms. The Morgan fingerprint density at radius 3 is 2.43 bits per heavy atom. The number of alkyl halides is 3. The monoisotopic (exact) mass is 389 g/mol. The molecule has 5 nitrogen and oxygen atoms in total. The van der Waals surface area contributed by atoms with Gasteiger partial charge in [-0.25, -0.2) is 0 Å². The highest BCUT2D eigenvalue weighted by Gasteiger charge is 2.47. The fraction of sp³-hybridized carbons (Fsp3) is 0.300. The average Bonchev–Trinajstić information content (AvgIpc) is 2.94. The predicted octanol–water partition coefficient (Wildman–Crippen LogP) is 3.75. The van der Waals surface area contributed by atoms with Crippen LogP contribution in [0.4, 0.5) is 18.9 Å². The Balaban J connectivity index is 1.94. The van der Waals surface area contributed by atoms with Gasteiger partial charge in [0.2, 0.25) is 0 Å². The van der Waals surface area contributed by atoms with Gasteiger partial charge in [-0.05, 0) is 19.1 Å². The molecular formula is C20H20F3N4O+. The number of hydrogen-bond donors (Lipinski definition) is 1. The van der Waals surface area contributed by atoms with E-state index in [4.69, 9.17) is 5.73 Å². The average molecular weight is 389 g/mol. The van der Waals surface area contributed by atoms with Crippen molar-refractivity contribution in [2.24, 2.45) is 5.73 Å². The minimum Gasteiger partial charge on any atom is -0.366 e. The lowest BCUT2D eigenvalue weighted by Crippen LogP contribution is -2.42. The van der Waals surface area contributed by atoms with Gasteiger partial charge in [-0.1, -0.05) is 34.8 Å². The molecule has 0 aliphatic carbocycles. The number of nitrogens with two attached hydrogens (primary N) is 1. The molecule has 2 N–H and O–H groups in total. The smallest absolute Gasteiger partial charge is 0.366 e. The summed E-state index contributed by atoms with van der Waals surface area (Å²) < 4.78 is 39.4. The summed E-state index contributed by atoms with van der Waals surface area (Å²) in [6.07, 6.45) is -4.50. The zero-order valence-electron chi connectivity index (χ0n) is 15.3. The summed E-state index contributed by atoms with van der Waals surface area (Å²) >= 11 is 0. The molecule has 0 radical (unpaired) electrons. The summed E-state index contributed by atoms with van der Waals surface area (Å²) in [6.45, 7) is 3.95. The van der Waals surface area contributed by atoms with Crippen LogP contribution in [-0.4, -0.2) is 41.0 Å². The van der Waals surface area contributed by atoms with Gasteiger partial charge in [0, 0.05) is 31.3 Å². The summed E-state index contributed by atoms with van der Waals surface area (Å²) in [5, 5.41) is 1.51. The van der Waals surface area contributed by atoms with Gasteiger partial charge in [0.15, 0.2) is 4.87 Å². The van der Waals surface area contributed by atoms with Crippen LogP contribution in [-0.2, 0) is 6.18 Å². The zero-order chi connectivity index (χ0) is 20.1. The maximum absolute atomic E-state index is 13.1. The van der Waals surface area contributed by atoms with Crippen molar-refractivity contribution in [1.82, 2.24) is 9.91 Å². The fourth-order valence-corrected chi connectivity index (χ4v) is 3.77. The molecule has 2 aromatic rings. The Labute approximate surface area is 160 Å². The molecule has 0 saturated heterocycles. The molecule has 0 amide bonds. The third-order valence-electron chi connectivity index (χ3n) is 5.11. The molecule has 2 aliphatic heterocycles. The van der Waals surface area contributed by atoms with Crippen molar-refractivity contribution in [2.45, 2.75) is 13.1 Å². The lowest BCUT2D eigenvalue weighted by Gasteiger charge is -2.33. The zero-order valence-corrected chi connectivity index (χ0v) is 15.3. The maximum Gasteiger partial charge on any atom is 0.416 e. The number of rotatable bonds is 3. The van der Waals surface area contributed by atoms with Gasteiger partial charge in [-0.2, -0.15) is 13.2 Å². The molecule has 0 bridgehead atoms. The highest BCUT2D eigenvalue weighted by molar-refractivity contribution is 5.93. The van der Waals surface area contributed by atoms with Crippen molar-refractivity contribution in [3.05, 3.63) is 69.6 Å². The van der Waals surface area contributed by atoms with E-state index in [-0.39, 0.29) is 5.69 Å². The molecule has 146 valence electrons. The van der Waals surface area contributed by atoms with E-state index in [0.717, 1.165) is 29.0 Å². The van der Waals surface area contributed by atoms with E-state index in [0.29, 0.717) is 42.3 Å². The first kappa shape index (κ1) is 18.5. The van der Waals surface area contributed by atoms with Crippen LogP contribution in [0.15, 0.2) is 42.5 Å². The van der Waals surface area contributed by atoms with Gasteiger partial charge < -0.3 is 10.6 Å². The van der Waals surface area contributed by atoms with Crippen molar-refractivity contribution < 1.29 is 18.0 Å². The quantitative estimate of drug-likeness (QED) is 0.813. The largest absolute Gasteiger partial charge is 0.416 e. The number of aryl methyl sites for hydroxylation is 1. The summed E-state index contributed by atoms with van der Waals surface area (Å²) in [5.74, 6) is 0. The number of fused-ring (bicyclic) bond motifs is 3. The van der Waals surface area contributed by atoms with E-state index in [1.807, 2.05) is 31.2 Å². The van der Waals surface area contributed by atoms with Crippen LogP contribution in [0.3, 0.4) is 0 Å². The molecule has 0 aromatic heterocycles. The van der Waals surface area contributed by atoms with Crippen LogP contribution < -0.4 is 5.73 Å². The van der Waals surface area contributed by atoms with E-state index in [1.54, 1.807) is 0 Å². The summed E-state index contributed by atoms with van der Waals surface area (Å²) in [5.41, 5.74) is 8.91. The highest BCUT2D eigenvalue weighted by Crippen LogP contribution is 2.46. The lowest BCUT2D eigenvalue weighted by atomic mass is 9.99. The SMILES string of the molecule is Cc1ccc(C2=C3c4ccc(C(F)(F)F)cc4[N+](=O)N3CCN2CCN)cc1. The summed E-state index contributed by atoms with van der Waals surface area (Å²) in [4.78, 5) is 15.5. The van der Waals surface area contributed by atoms with Gasteiger partial charge >= 0.3 is 11.9 Å². The Bertz CT molecular complexity index is 966. The number of hydrazine groups is 1. The fourth-order valence-electron chi connectivity index (χ4n) is 3.77. The van der Waals surface area contributed by atoms with E-state index < -0.39 is 11.7 Å². The molecule has 0 atom stereocenters. The molecule has 8 heteroatoms. The maximum atomic E-state index is 13.1. The van der Waals surface area contributed by atoms with Crippen molar-refractivity contribution >= 4 is 17.1 Å². The van der Waals surface area contributed by atoms with Crippen LogP contribution in [0, 0.1) is 11.8 Å². The van der Waals surface area contributed by atoms with Crippen LogP contribution in [0.25, 0.3) is 11.4 Å². The Hall–Kier alpha value is -2.87. The van der Waals surface area contributed by atoms with E-state index in [9.17, 15) is 18.1 Å². The van der Waals surface area contributed by atoms with Crippen LogP contribution in [0.1, 0.15) is 22.3 Å². The summed E-state index contributed by atoms with van der Waals surface area (Å²) in [7, 11) is 0. The van der Waals surface area contributed by atoms with Crippen LogP contribution >= 0.6 is 0 Å². The second-order valence-corrected chi connectivity index (χ2v) is 6.96. The van der Waals surface area contributed by atoms with Gasteiger partial charge in [0.05, 0.1) is 21.7 Å². The molecular weight excluding hydrogens is 369 g/mol. The molecule has 2 aliphatic rings. The second-order valence-electron chi connectivity index (χ2n) is 6.96. The number of nitrogens with zero attached hydrogens (tertiary/aromatic N) is 3. The Kier molecular flexibility index (Phi) is 4.38. The first-order valence-electron chi connectivity index (χ1n) is 9.04. The van der Waals surface area contributed by atoms with Gasteiger partial charge in [0.1, 0.15) is 12.2 Å². The van der Waals surface area contributed by atoms with Crippen molar-refractivity contribution in [2.75, 3.05) is 26.2 Å². The third kappa shape index (κ3) is 2.93. The molecule has 0 unspecified atom stereocenters. The highest BCUT2D eigenvalue weighted by atomic mass is 19.4. The Morgan fingerprint density at radius 1 is 1.07 bits per heavy atom. The Morgan fingerprint density at radius 2 is 1.79 bits per heavy atom. The summed E-state index contributed by atoms with van der Waals surface area (Å²) in [6, 6.07) is 11.2. The molecule has 2 aromatic carbocycles. The topological polar surface area (TPSA) is 52.6 Å². The predicted molar refractivity (Wildman–Crippen MR) is 100 cm³/mol. The lowest BCUT2D eigenvalue weighted by molar-refractivity contribution is -0.612. The number of hydrogen-bond acceptors (Lipinski definition) is 3. The number of nitroso groups, excluding NO2 is 1. The number of benzene rings is 2. The van der Waals surface area contributed by atoms with Crippen LogP contribution in [0.5, 0.6) is 0 Å². The number of halogens is 3. The first-order chi connectivity index (χ1) is 13.3. The van der Waals surface area contributed by atoms with Crippen LogP contribution in [0.2, 0.25) is 0 Å². The van der Waals surface area contributed by atoms with Gasteiger partial charge in [-0.15, -0.1) is 0 Å². The van der Waals surface area contributed by atoms with Crippen molar-refractivity contribution in [1.29, 1.82) is 0 Å². The minimum absolute atomic E-state index is 0.0176.